The highest BCUT2D eigenvalue weighted by atomic mass is 79.9. The SMILES string of the molecule is CCOC(=O)C1=C2CC(C#N)CN2C(c2nccs2)=NC1c1ccc(F)cc1Br.CCOC(=O)C1=C2C[C@@H](C#N)CN2C(c2nccs2)=NC1c1ccc(F)cc1Br.CCOC(=O)C1=C2C[C@@H](C#N)CN2C(c2nccs2)=NC1c1ccc(F)cc1Br.CCOC(=O)C1=C2C[C@@H](C#N)CN2C(c2nccs2)=NC1c1ccc(F)cc1Br.CCOC(=O)C1=C2C[C@@H](C#N)CN2C(c2nccs2)=NC1c1ccc(F)cc1Br. The van der Waals surface area contributed by atoms with Crippen LogP contribution in [-0.2, 0) is 47.7 Å². The van der Waals surface area contributed by atoms with E-state index in [9.17, 15) is 72.2 Å². The standard InChI is InChI=1S/5C20H16BrFN4O2S/c5*1-2-28-20(27)16-15-7-11(9-23)10-26(15)18(19-24-5-6-29-19)25-17(16)13-4-3-12(22)8-14(13)21/h5*3-6,8,11,17H,2,7,10H2,1H3/t4*11-,17?;/m0000./s1. The number of fused-ring (bicyclic) bond motifs is 5. The molecule has 20 rings (SSSR count). The number of carbonyl (C=O) groups excluding carboxylic acids is 5. The Morgan fingerprint density at radius 3 is 0.600 bits per heavy atom. The number of nitrogens with zero attached hydrogens (tertiary/aromatic N) is 20. The number of amidine groups is 5. The minimum atomic E-state index is -0.688. The predicted molar refractivity (Wildman–Crippen MR) is 548 cm³/mol. The molecule has 10 aromatic rings. The molecule has 30 nitrogen and oxygen atoms in total. The Hall–Kier alpha value is -12.9. The van der Waals surface area contributed by atoms with Crippen LogP contribution in [0.15, 0.2) is 253 Å². The summed E-state index contributed by atoms with van der Waals surface area (Å²) in [6.45, 7) is 12.0. The Labute approximate surface area is 890 Å². The van der Waals surface area contributed by atoms with E-state index in [0.29, 0.717) is 197 Å². The minimum Gasteiger partial charge on any atom is -0.463 e. The summed E-state index contributed by atoms with van der Waals surface area (Å²) in [6, 6.07) is 29.5. The molecule has 10 aliphatic heterocycles. The molecule has 0 N–H and O–H groups in total. The third-order valence-electron chi connectivity index (χ3n) is 24.1. The number of rotatable bonds is 20. The summed E-state index contributed by atoms with van der Waals surface area (Å²) in [5.74, 6) is -2.62. The maximum atomic E-state index is 13.7. The Balaban J connectivity index is 0.000000130. The van der Waals surface area contributed by atoms with Crippen molar-refractivity contribution in [3.8, 4) is 30.3 Å². The molecule has 0 aliphatic carbocycles. The Kier molecular flexibility index (Phi) is 34.1. The number of nitriles is 5. The summed E-state index contributed by atoms with van der Waals surface area (Å²) in [5.41, 5.74) is 8.77. The van der Waals surface area contributed by atoms with E-state index >= 15 is 0 Å². The quantitative estimate of drug-likeness (QED) is 0.0388. The summed E-state index contributed by atoms with van der Waals surface area (Å²) in [6.07, 6.45) is 10.5. The molecule has 5 saturated heterocycles. The third kappa shape index (κ3) is 22.5. The molecule has 740 valence electrons. The average Bonchev–Trinajstić information content (AvgIpc) is 1.64. The van der Waals surface area contributed by atoms with Crippen LogP contribution in [0, 0.1) is 115 Å². The summed E-state index contributed by atoms with van der Waals surface area (Å²) in [4.78, 5) is 120. The first kappa shape index (κ1) is 105. The molecule has 145 heavy (non-hydrogen) atoms. The van der Waals surface area contributed by atoms with Crippen LogP contribution in [0.1, 0.15) is 150 Å². The number of carbonyl (C=O) groups is 5. The summed E-state index contributed by atoms with van der Waals surface area (Å²) < 4.78 is 97.6. The van der Waals surface area contributed by atoms with Crippen molar-refractivity contribution in [3.63, 3.8) is 0 Å². The van der Waals surface area contributed by atoms with Crippen LogP contribution < -0.4 is 0 Å². The normalized spacial score (nSPS) is 20.9. The van der Waals surface area contributed by atoms with Gasteiger partial charge in [-0.3, -0.25) is 25.0 Å². The number of thiazole rings is 5. The number of aliphatic imine (C=N–C) groups is 5. The Morgan fingerprint density at radius 1 is 0.303 bits per heavy atom. The van der Waals surface area contributed by atoms with E-state index in [0.717, 1.165) is 28.5 Å². The monoisotopic (exact) mass is 2370 g/mol. The topological polar surface area (TPSA) is 393 Å². The fraction of sp³-hybridized carbons (Fsp3) is 0.300. The molecule has 5 aromatic carbocycles. The third-order valence-corrected chi connectivity index (χ3v) is 31.4. The van der Waals surface area contributed by atoms with Crippen LogP contribution >= 0.6 is 136 Å². The van der Waals surface area contributed by atoms with Gasteiger partial charge in [0.05, 0.1) is 121 Å². The van der Waals surface area contributed by atoms with Gasteiger partial charge >= 0.3 is 29.8 Å². The number of hydrogen-bond donors (Lipinski definition) is 0. The van der Waals surface area contributed by atoms with Crippen molar-refractivity contribution < 1.29 is 69.6 Å². The highest BCUT2D eigenvalue weighted by Crippen LogP contribution is 2.52. The van der Waals surface area contributed by atoms with Gasteiger partial charge in [-0.15, -0.1) is 56.7 Å². The fourth-order valence-corrected chi connectivity index (χ4v) is 24.0. The first-order chi connectivity index (χ1) is 70.1. The van der Waals surface area contributed by atoms with Gasteiger partial charge in [0, 0.05) is 174 Å². The van der Waals surface area contributed by atoms with Crippen molar-refractivity contribution >= 4 is 195 Å². The van der Waals surface area contributed by atoms with Gasteiger partial charge in [0.25, 0.3) is 0 Å². The van der Waals surface area contributed by atoms with Crippen molar-refractivity contribution in [2.24, 2.45) is 54.6 Å². The molecule has 10 aliphatic rings. The number of allylic oxidation sites excluding steroid dienone is 5. The van der Waals surface area contributed by atoms with E-state index in [2.05, 4.69) is 135 Å². The van der Waals surface area contributed by atoms with Gasteiger partial charge in [0.2, 0.25) is 0 Å². The second-order valence-corrected chi connectivity index (χ2v) is 41.6. The lowest BCUT2D eigenvalue weighted by Crippen LogP contribution is -2.35. The van der Waals surface area contributed by atoms with Gasteiger partial charge in [-0.25, -0.2) is 70.8 Å². The van der Waals surface area contributed by atoms with Crippen LogP contribution in [0.5, 0.6) is 0 Å². The van der Waals surface area contributed by atoms with Gasteiger partial charge in [-0.05, 0) is 123 Å². The Morgan fingerprint density at radius 2 is 0.469 bits per heavy atom. The van der Waals surface area contributed by atoms with E-state index in [1.165, 1.54) is 117 Å². The first-order valence-electron chi connectivity index (χ1n) is 45.1. The van der Waals surface area contributed by atoms with Gasteiger partial charge in [-0.2, -0.15) is 26.3 Å². The summed E-state index contributed by atoms with van der Waals surface area (Å²) in [5, 5.41) is 60.2. The lowest BCUT2D eigenvalue weighted by Gasteiger charge is -2.31. The zero-order valence-electron chi connectivity index (χ0n) is 77.2. The van der Waals surface area contributed by atoms with E-state index in [1.807, 2.05) is 51.4 Å². The van der Waals surface area contributed by atoms with Crippen molar-refractivity contribution in [2.45, 2.75) is 96.9 Å². The van der Waals surface area contributed by atoms with Crippen LogP contribution in [0.2, 0.25) is 0 Å². The van der Waals surface area contributed by atoms with Crippen LogP contribution in [0.25, 0.3) is 0 Å². The van der Waals surface area contributed by atoms with Crippen molar-refractivity contribution in [1.82, 2.24) is 49.4 Å². The zero-order chi connectivity index (χ0) is 103. The van der Waals surface area contributed by atoms with Crippen LogP contribution in [0.3, 0.4) is 0 Å². The second kappa shape index (κ2) is 47.1. The van der Waals surface area contributed by atoms with Crippen LogP contribution in [-0.4, -0.2) is 174 Å². The molecule has 0 radical (unpaired) electrons. The molecule has 0 amide bonds. The molecule has 5 aromatic heterocycles. The zero-order valence-corrected chi connectivity index (χ0v) is 89.2. The van der Waals surface area contributed by atoms with Gasteiger partial charge < -0.3 is 48.2 Å². The van der Waals surface area contributed by atoms with Crippen molar-refractivity contribution in [3.05, 3.63) is 310 Å². The smallest absolute Gasteiger partial charge is 0.338 e. The van der Waals surface area contributed by atoms with Gasteiger partial charge in [0.1, 0.15) is 59.3 Å². The van der Waals surface area contributed by atoms with Gasteiger partial charge in [0.15, 0.2) is 54.2 Å². The van der Waals surface area contributed by atoms with E-state index in [1.54, 1.807) is 95.9 Å². The molecule has 45 heteroatoms. The van der Waals surface area contributed by atoms with E-state index in [-0.39, 0.29) is 62.6 Å². The molecular formula is C100H80Br5F5N20O10S5. The number of benzene rings is 5. The fourth-order valence-electron chi connectivity index (χ4n) is 18.0. The number of hydrogen-bond acceptors (Lipinski definition) is 35. The molecule has 5 fully saturated rings. The van der Waals surface area contributed by atoms with Crippen molar-refractivity contribution in [2.75, 3.05) is 65.8 Å². The average molecular weight is 2380 g/mol. The molecular weight excluding hydrogens is 2300 g/mol. The number of halogens is 10. The number of aromatic nitrogens is 5. The van der Waals surface area contributed by atoms with Gasteiger partial charge in [-0.1, -0.05) is 110 Å². The molecule has 0 bridgehead atoms. The highest BCUT2D eigenvalue weighted by Gasteiger charge is 2.50. The second-order valence-electron chi connectivity index (χ2n) is 32.9. The minimum absolute atomic E-state index is 0.220. The van der Waals surface area contributed by atoms with E-state index in [4.69, 9.17) is 48.6 Å². The maximum absolute atomic E-state index is 13.7. The lowest BCUT2D eigenvalue weighted by atomic mass is 9.94. The largest absolute Gasteiger partial charge is 0.463 e. The summed E-state index contributed by atoms with van der Waals surface area (Å²) in [7, 11) is 0. The molecule has 10 atom stereocenters. The molecule has 0 saturated carbocycles. The summed E-state index contributed by atoms with van der Waals surface area (Å²) >= 11 is 24.2. The molecule has 15 heterocycles. The first-order valence-corrected chi connectivity index (χ1v) is 53.5. The Bertz CT molecular complexity index is 6290. The maximum Gasteiger partial charge on any atom is 0.338 e. The molecule has 0 spiro atoms. The van der Waals surface area contributed by atoms with E-state index < -0.39 is 89.1 Å². The number of esters is 5. The van der Waals surface area contributed by atoms with Crippen LogP contribution in [0.4, 0.5) is 22.0 Å². The molecule has 6 unspecified atom stereocenters. The highest BCUT2D eigenvalue weighted by molar-refractivity contribution is 9.11. The lowest BCUT2D eigenvalue weighted by molar-refractivity contribution is -0.140. The number of ether oxygens (including phenoxy) is 5. The van der Waals surface area contributed by atoms with Crippen molar-refractivity contribution in [1.29, 1.82) is 26.3 Å². The predicted octanol–water partition coefficient (Wildman–Crippen LogP) is 21.0.